The van der Waals surface area contributed by atoms with Gasteiger partial charge in [0.1, 0.15) is 10.5 Å². The van der Waals surface area contributed by atoms with E-state index in [-0.39, 0.29) is 0 Å². The monoisotopic (exact) mass is 283 g/mol. The predicted octanol–water partition coefficient (Wildman–Crippen LogP) is 1.90. The van der Waals surface area contributed by atoms with Crippen molar-refractivity contribution in [3.05, 3.63) is 22.8 Å². The zero-order chi connectivity index (χ0) is 11.7. The summed E-state index contributed by atoms with van der Waals surface area (Å²) in [6.07, 6.45) is 2.85. The second-order valence-corrected chi connectivity index (χ2v) is 6.21. The molecule has 0 saturated heterocycles. The van der Waals surface area contributed by atoms with Crippen molar-refractivity contribution in [1.82, 2.24) is 19.6 Å². The molecule has 88 valence electrons. The molecule has 0 aliphatic carbocycles. The Kier molecular flexibility index (Phi) is 3.10. The molecule has 3 aromatic rings. The van der Waals surface area contributed by atoms with Gasteiger partial charge in [-0.15, -0.1) is 21.5 Å². The minimum Gasteiger partial charge on any atom is -0.330 e. The number of thiazole rings is 1. The third-order valence-corrected chi connectivity index (χ3v) is 4.78. The molecule has 0 aliphatic heterocycles. The Morgan fingerprint density at radius 2 is 2.35 bits per heavy atom. The topological polar surface area (TPSA) is 69.1 Å². The molecule has 0 aliphatic rings. The summed E-state index contributed by atoms with van der Waals surface area (Å²) in [4.78, 5) is 5.59. The SMILES string of the molecule is NCCc1c(Sc2nncs2)nc2sccn12. The van der Waals surface area contributed by atoms with Crippen molar-refractivity contribution in [2.45, 2.75) is 15.8 Å². The summed E-state index contributed by atoms with van der Waals surface area (Å²) in [5.74, 6) is 0. The lowest BCUT2D eigenvalue weighted by Crippen LogP contribution is -2.05. The minimum atomic E-state index is 0.618. The second kappa shape index (κ2) is 4.73. The lowest BCUT2D eigenvalue weighted by molar-refractivity contribution is 0.878. The van der Waals surface area contributed by atoms with Crippen LogP contribution in [0.2, 0.25) is 0 Å². The van der Waals surface area contributed by atoms with E-state index in [0.717, 1.165) is 26.4 Å². The van der Waals surface area contributed by atoms with Gasteiger partial charge >= 0.3 is 0 Å². The molecule has 3 heterocycles. The minimum absolute atomic E-state index is 0.618. The quantitative estimate of drug-likeness (QED) is 0.792. The molecule has 0 fully saturated rings. The molecule has 0 atom stereocenters. The van der Waals surface area contributed by atoms with E-state index in [0.29, 0.717) is 6.54 Å². The predicted molar refractivity (Wildman–Crippen MR) is 69.9 cm³/mol. The molecular weight excluding hydrogens is 274 g/mol. The van der Waals surface area contributed by atoms with Gasteiger partial charge in [-0.05, 0) is 18.3 Å². The van der Waals surface area contributed by atoms with Gasteiger partial charge in [0.05, 0.1) is 5.69 Å². The van der Waals surface area contributed by atoms with Crippen molar-refractivity contribution in [3.63, 3.8) is 0 Å². The van der Waals surface area contributed by atoms with Crippen LogP contribution in [0.15, 0.2) is 26.5 Å². The number of hydrogen-bond acceptors (Lipinski definition) is 7. The fourth-order valence-electron chi connectivity index (χ4n) is 1.55. The Morgan fingerprint density at radius 3 is 3.12 bits per heavy atom. The second-order valence-electron chi connectivity index (χ2n) is 3.26. The average Bonchev–Trinajstić information content (AvgIpc) is 2.99. The van der Waals surface area contributed by atoms with Crippen LogP contribution < -0.4 is 5.73 Å². The third kappa shape index (κ3) is 2.08. The maximum absolute atomic E-state index is 5.65. The molecule has 0 unspecified atom stereocenters. The van der Waals surface area contributed by atoms with Crippen molar-refractivity contribution in [2.24, 2.45) is 5.73 Å². The van der Waals surface area contributed by atoms with E-state index < -0.39 is 0 Å². The molecule has 0 amide bonds. The molecule has 0 aromatic carbocycles. The molecule has 0 radical (unpaired) electrons. The Balaban J connectivity index is 2.02. The number of imidazole rings is 1. The summed E-state index contributed by atoms with van der Waals surface area (Å²) in [5.41, 5.74) is 8.53. The molecule has 0 bridgehead atoms. The molecule has 3 rings (SSSR count). The van der Waals surface area contributed by atoms with Gasteiger partial charge in [-0.2, -0.15) is 0 Å². The maximum Gasteiger partial charge on any atom is 0.194 e. The normalized spacial score (nSPS) is 11.4. The van der Waals surface area contributed by atoms with E-state index in [2.05, 4.69) is 19.6 Å². The van der Waals surface area contributed by atoms with Crippen LogP contribution in [0.5, 0.6) is 0 Å². The van der Waals surface area contributed by atoms with E-state index in [1.54, 1.807) is 28.6 Å². The molecule has 0 saturated carbocycles. The van der Waals surface area contributed by atoms with Crippen LogP contribution in [-0.4, -0.2) is 26.1 Å². The van der Waals surface area contributed by atoms with E-state index in [1.807, 2.05) is 11.6 Å². The number of aromatic nitrogens is 4. The number of hydrogen-bond donors (Lipinski definition) is 1. The highest BCUT2D eigenvalue weighted by atomic mass is 32.2. The lowest BCUT2D eigenvalue weighted by Gasteiger charge is -1.99. The van der Waals surface area contributed by atoms with Gasteiger partial charge < -0.3 is 5.73 Å². The number of rotatable bonds is 4. The first-order chi connectivity index (χ1) is 8.38. The van der Waals surface area contributed by atoms with Crippen LogP contribution in [0.3, 0.4) is 0 Å². The van der Waals surface area contributed by atoms with Gasteiger partial charge in [-0.25, -0.2) is 4.98 Å². The Bertz CT molecular complexity index is 612. The number of nitrogens with zero attached hydrogens (tertiary/aromatic N) is 4. The molecular formula is C9H9N5S3. The van der Waals surface area contributed by atoms with Gasteiger partial charge in [0.15, 0.2) is 9.30 Å². The van der Waals surface area contributed by atoms with Gasteiger partial charge in [0.2, 0.25) is 0 Å². The molecule has 17 heavy (non-hydrogen) atoms. The highest BCUT2D eigenvalue weighted by Crippen LogP contribution is 2.32. The Labute approximate surface area is 110 Å². The average molecular weight is 283 g/mol. The van der Waals surface area contributed by atoms with Gasteiger partial charge in [-0.3, -0.25) is 4.40 Å². The van der Waals surface area contributed by atoms with Gasteiger partial charge in [0, 0.05) is 18.0 Å². The summed E-state index contributed by atoms with van der Waals surface area (Å²) in [5, 5.41) is 10.9. The van der Waals surface area contributed by atoms with E-state index in [1.165, 1.54) is 11.3 Å². The van der Waals surface area contributed by atoms with Crippen molar-refractivity contribution in [3.8, 4) is 0 Å². The van der Waals surface area contributed by atoms with E-state index in [4.69, 9.17) is 5.73 Å². The zero-order valence-electron chi connectivity index (χ0n) is 8.74. The van der Waals surface area contributed by atoms with Crippen LogP contribution in [0.25, 0.3) is 4.96 Å². The van der Waals surface area contributed by atoms with Crippen molar-refractivity contribution < 1.29 is 0 Å². The molecule has 0 spiro atoms. The van der Waals surface area contributed by atoms with Crippen molar-refractivity contribution >= 4 is 39.4 Å². The van der Waals surface area contributed by atoms with Gasteiger partial charge in [-0.1, -0.05) is 11.3 Å². The third-order valence-electron chi connectivity index (χ3n) is 2.23. The van der Waals surface area contributed by atoms with Crippen LogP contribution in [0, 0.1) is 0 Å². The maximum atomic E-state index is 5.65. The smallest absolute Gasteiger partial charge is 0.194 e. The largest absolute Gasteiger partial charge is 0.330 e. The number of nitrogens with two attached hydrogens (primary N) is 1. The van der Waals surface area contributed by atoms with Crippen molar-refractivity contribution in [2.75, 3.05) is 6.54 Å². The Hall–Kier alpha value is -0.960. The standard InChI is InChI=1S/C9H9N5S3/c10-2-1-6-7(17-9-13-11-5-16-9)12-8-14(6)3-4-15-8/h3-5H,1-2,10H2. The highest BCUT2D eigenvalue weighted by molar-refractivity contribution is 8.01. The summed E-state index contributed by atoms with van der Waals surface area (Å²) < 4.78 is 3.01. The number of fused-ring (bicyclic) bond motifs is 1. The van der Waals surface area contributed by atoms with Crippen LogP contribution >= 0.6 is 34.4 Å². The first-order valence-corrected chi connectivity index (χ1v) is 7.54. The summed E-state index contributed by atoms with van der Waals surface area (Å²) in [6.45, 7) is 0.618. The van der Waals surface area contributed by atoms with Crippen LogP contribution in [-0.2, 0) is 6.42 Å². The van der Waals surface area contributed by atoms with E-state index >= 15 is 0 Å². The molecule has 5 nitrogen and oxygen atoms in total. The molecule has 8 heteroatoms. The summed E-state index contributed by atoms with van der Waals surface area (Å²) >= 11 is 4.70. The van der Waals surface area contributed by atoms with E-state index in [9.17, 15) is 0 Å². The summed E-state index contributed by atoms with van der Waals surface area (Å²) in [6, 6.07) is 0. The molecule has 3 aromatic heterocycles. The molecule has 2 N–H and O–H groups in total. The first-order valence-electron chi connectivity index (χ1n) is 4.97. The van der Waals surface area contributed by atoms with Crippen molar-refractivity contribution in [1.29, 1.82) is 0 Å². The highest BCUT2D eigenvalue weighted by Gasteiger charge is 2.14. The zero-order valence-corrected chi connectivity index (χ0v) is 11.2. The fraction of sp³-hybridized carbons (Fsp3) is 0.222. The van der Waals surface area contributed by atoms with Gasteiger partial charge in [0.25, 0.3) is 0 Å². The van der Waals surface area contributed by atoms with Crippen LogP contribution in [0.1, 0.15) is 5.69 Å². The van der Waals surface area contributed by atoms with Crippen LogP contribution in [0.4, 0.5) is 0 Å². The summed E-state index contributed by atoms with van der Waals surface area (Å²) in [7, 11) is 0. The first kappa shape index (κ1) is 11.1. The Morgan fingerprint density at radius 1 is 1.41 bits per heavy atom. The lowest BCUT2D eigenvalue weighted by atomic mass is 10.3. The fourth-order valence-corrected chi connectivity index (χ4v) is 3.88.